The van der Waals surface area contributed by atoms with Gasteiger partial charge in [0.15, 0.2) is 0 Å². The SMILES string of the molecule is C=C(C)C(=O)OCCOP(=O)(O)O.C[N+](C)(C)CCOP=O. The van der Waals surface area contributed by atoms with Crippen molar-refractivity contribution >= 4 is 22.5 Å². The number of esters is 1. The predicted molar refractivity (Wildman–Crippen MR) is 80.2 cm³/mol. The van der Waals surface area contributed by atoms with Crippen LogP contribution in [0, 0.1) is 0 Å². The lowest BCUT2D eigenvalue weighted by Gasteiger charge is -2.22. The highest BCUT2D eigenvalue weighted by atomic mass is 31.2. The lowest BCUT2D eigenvalue weighted by molar-refractivity contribution is -0.870. The minimum Gasteiger partial charge on any atom is -0.460 e. The van der Waals surface area contributed by atoms with Gasteiger partial charge in [-0.15, -0.1) is 0 Å². The second-order valence-corrected chi connectivity index (χ2v) is 6.81. The number of rotatable bonds is 9. The molecule has 0 radical (unpaired) electrons. The monoisotopic (exact) mass is 360 g/mol. The molecule has 0 aliphatic carbocycles. The number of ether oxygens (including phenoxy) is 1. The van der Waals surface area contributed by atoms with Crippen LogP contribution < -0.4 is 0 Å². The highest BCUT2D eigenvalue weighted by Crippen LogP contribution is 2.35. The Morgan fingerprint density at radius 2 is 1.77 bits per heavy atom. The van der Waals surface area contributed by atoms with Gasteiger partial charge in [0.25, 0.3) is 0 Å². The van der Waals surface area contributed by atoms with Crippen LogP contribution in [0.5, 0.6) is 0 Å². The summed E-state index contributed by atoms with van der Waals surface area (Å²) in [4.78, 5) is 27.1. The van der Waals surface area contributed by atoms with E-state index in [2.05, 4.69) is 41.5 Å². The average molecular weight is 360 g/mol. The van der Waals surface area contributed by atoms with Crippen molar-refractivity contribution in [1.29, 1.82) is 0 Å². The molecule has 0 amide bonds. The number of hydrogen-bond acceptors (Lipinski definition) is 6. The Labute approximate surface area is 132 Å². The molecule has 0 saturated heterocycles. The van der Waals surface area contributed by atoms with Crippen molar-refractivity contribution < 1.29 is 42.0 Å². The fourth-order valence-corrected chi connectivity index (χ4v) is 1.23. The Balaban J connectivity index is 0. The van der Waals surface area contributed by atoms with Crippen molar-refractivity contribution in [2.75, 3.05) is 47.5 Å². The third-order valence-corrected chi connectivity index (χ3v) is 2.64. The van der Waals surface area contributed by atoms with E-state index in [1.54, 1.807) is 0 Å². The summed E-state index contributed by atoms with van der Waals surface area (Å²) >= 11 is 0. The molecule has 0 spiro atoms. The molecule has 2 N–H and O–H groups in total. The molecule has 0 aromatic rings. The fourth-order valence-electron chi connectivity index (χ4n) is 0.766. The van der Waals surface area contributed by atoms with E-state index < -0.39 is 13.8 Å². The Morgan fingerprint density at radius 1 is 1.23 bits per heavy atom. The lowest BCUT2D eigenvalue weighted by Crippen LogP contribution is -2.37. The molecule has 0 saturated carbocycles. The largest absolute Gasteiger partial charge is 0.469 e. The first-order valence-corrected chi connectivity index (χ1v) is 8.43. The predicted octanol–water partition coefficient (Wildman–Crippen LogP) is 1.13. The van der Waals surface area contributed by atoms with Crippen LogP contribution in [-0.2, 0) is 27.7 Å². The van der Waals surface area contributed by atoms with Gasteiger partial charge in [0, 0.05) is 5.57 Å². The summed E-state index contributed by atoms with van der Waals surface area (Å²) in [5.41, 5.74) is 0.219. The summed E-state index contributed by atoms with van der Waals surface area (Å²) in [7, 11) is 1.50. The van der Waals surface area contributed by atoms with E-state index in [0.29, 0.717) is 6.61 Å². The molecule has 0 aliphatic rings. The molecule has 130 valence electrons. The molecule has 0 heterocycles. The number of phosphoric ester groups is 1. The van der Waals surface area contributed by atoms with Gasteiger partial charge in [-0.05, 0) is 6.92 Å². The molecule has 11 heteroatoms. The number of carbonyl (C=O) groups is 1. The van der Waals surface area contributed by atoms with Crippen LogP contribution in [0.15, 0.2) is 12.2 Å². The Hall–Kier alpha value is -0.660. The fraction of sp³-hybridized carbons (Fsp3) is 0.727. The Morgan fingerprint density at radius 3 is 2.14 bits per heavy atom. The summed E-state index contributed by atoms with van der Waals surface area (Å²) in [5.74, 6) is -0.616. The van der Waals surface area contributed by atoms with Crippen LogP contribution in [0.2, 0.25) is 0 Å². The van der Waals surface area contributed by atoms with E-state index in [4.69, 9.17) is 9.79 Å². The van der Waals surface area contributed by atoms with Gasteiger partial charge in [-0.25, -0.2) is 13.9 Å². The molecule has 0 aliphatic heterocycles. The maximum Gasteiger partial charge on any atom is 0.469 e. The minimum atomic E-state index is -4.46. The molecule has 0 aromatic heterocycles. The molecule has 0 rings (SSSR count). The van der Waals surface area contributed by atoms with Crippen molar-refractivity contribution in [1.82, 2.24) is 0 Å². The number of nitrogens with zero attached hydrogens (tertiary/aromatic N) is 1. The van der Waals surface area contributed by atoms with Crippen molar-refractivity contribution in [2.45, 2.75) is 6.92 Å². The first-order chi connectivity index (χ1) is 9.89. The maximum absolute atomic E-state index is 10.7. The molecule has 0 aromatic carbocycles. The van der Waals surface area contributed by atoms with Gasteiger partial charge in [0.05, 0.1) is 27.7 Å². The van der Waals surface area contributed by atoms with Crippen LogP contribution in [0.25, 0.3) is 0 Å². The molecule has 9 nitrogen and oxygen atoms in total. The van der Waals surface area contributed by atoms with Crippen molar-refractivity contribution in [3.63, 3.8) is 0 Å². The van der Waals surface area contributed by atoms with E-state index >= 15 is 0 Å². The summed E-state index contributed by atoms with van der Waals surface area (Å²) in [5, 5.41) is 0. The van der Waals surface area contributed by atoms with Gasteiger partial charge in [-0.2, -0.15) is 0 Å². The third-order valence-electron chi connectivity index (χ3n) is 1.83. The molecule has 0 atom stereocenters. The third kappa shape index (κ3) is 21.6. The molecule has 0 fully saturated rings. The van der Waals surface area contributed by atoms with Gasteiger partial charge in [-0.1, -0.05) is 6.58 Å². The van der Waals surface area contributed by atoms with Gasteiger partial charge in [0.2, 0.25) is 0 Å². The standard InChI is InChI=1S/C6H11O6P.C5H13NO2P/c1-5(2)6(7)11-3-4-12-13(8,9)10;1-6(2,3)4-5-8-9-7/h1,3-4H2,2H3,(H2,8,9,10);4-5H2,1-3H3/q;+1. The van der Waals surface area contributed by atoms with E-state index in [9.17, 15) is 13.9 Å². The van der Waals surface area contributed by atoms with Crippen molar-refractivity contribution in [3.8, 4) is 0 Å². The van der Waals surface area contributed by atoms with E-state index in [1.165, 1.54) is 6.92 Å². The average Bonchev–Trinajstić information content (AvgIpc) is 2.32. The summed E-state index contributed by atoms with van der Waals surface area (Å²) < 4.78 is 33.8. The molecule has 0 bridgehead atoms. The number of hydrogen-bond donors (Lipinski definition) is 2. The van der Waals surface area contributed by atoms with Crippen LogP contribution in [-0.4, -0.2) is 67.7 Å². The summed E-state index contributed by atoms with van der Waals surface area (Å²) in [6.45, 7) is 5.66. The van der Waals surface area contributed by atoms with Crippen LogP contribution in [0.4, 0.5) is 0 Å². The molecular weight excluding hydrogens is 336 g/mol. The Kier molecular flexibility index (Phi) is 12.7. The second-order valence-electron chi connectivity index (χ2n) is 5.16. The van der Waals surface area contributed by atoms with Crippen LogP contribution >= 0.6 is 16.5 Å². The van der Waals surface area contributed by atoms with Gasteiger partial charge in [0.1, 0.15) is 19.8 Å². The number of likely N-dealkylation sites (N-methyl/N-ethyl adjacent to an activating group) is 1. The normalized spacial score (nSPS) is 11.5. The topological polar surface area (TPSA) is 119 Å². The first-order valence-electron chi connectivity index (χ1n) is 6.17. The highest BCUT2D eigenvalue weighted by molar-refractivity contribution is 7.46. The second kappa shape index (κ2) is 11.8. The minimum absolute atomic E-state index is 0.212. The Bertz CT molecular complexity index is 401. The zero-order valence-electron chi connectivity index (χ0n) is 13.2. The molecular formula is C11H24NO8P2+. The van der Waals surface area contributed by atoms with E-state index in [0.717, 1.165) is 11.0 Å². The van der Waals surface area contributed by atoms with Gasteiger partial charge < -0.3 is 19.0 Å². The van der Waals surface area contributed by atoms with E-state index in [1.807, 2.05) is 0 Å². The van der Waals surface area contributed by atoms with Crippen molar-refractivity contribution in [3.05, 3.63) is 12.2 Å². The van der Waals surface area contributed by atoms with Gasteiger partial charge in [-0.3, -0.25) is 9.05 Å². The lowest BCUT2D eigenvalue weighted by atomic mass is 10.4. The number of phosphoric acid groups is 1. The molecule has 22 heavy (non-hydrogen) atoms. The van der Waals surface area contributed by atoms with Gasteiger partial charge >= 0.3 is 22.5 Å². The summed E-state index contributed by atoms with van der Waals surface area (Å²) in [6, 6.07) is 0. The van der Waals surface area contributed by atoms with Crippen LogP contribution in [0.3, 0.4) is 0 Å². The van der Waals surface area contributed by atoms with Crippen molar-refractivity contribution in [2.24, 2.45) is 0 Å². The zero-order chi connectivity index (χ0) is 17.8. The smallest absolute Gasteiger partial charge is 0.460 e. The van der Waals surface area contributed by atoms with Crippen LogP contribution in [0.1, 0.15) is 6.92 Å². The highest BCUT2D eigenvalue weighted by Gasteiger charge is 2.13. The number of carbonyl (C=O) groups excluding carboxylic acids is 1. The first kappa shape index (κ1) is 23.6. The zero-order valence-corrected chi connectivity index (χ0v) is 15.0. The molecule has 0 unspecified atom stereocenters. The number of quaternary nitrogens is 1. The summed E-state index contributed by atoms with van der Waals surface area (Å²) in [6.07, 6.45) is 0. The maximum atomic E-state index is 10.7. The van der Waals surface area contributed by atoms with E-state index in [-0.39, 0.29) is 27.5 Å². The quantitative estimate of drug-likeness (QED) is 0.206.